The van der Waals surface area contributed by atoms with Crippen molar-refractivity contribution in [1.82, 2.24) is 10.9 Å². The van der Waals surface area contributed by atoms with Crippen LogP contribution in [-0.2, 0) is 4.79 Å². The quantitative estimate of drug-likeness (QED) is 0.380. The summed E-state index contributed by atoms with van der Waals surface area (Å²) in [4.78, 5) is 23.1. The minimum Gasteiger partial charge on any atom is -0.484 e. The molecule has 0 saturated heterocycles. The van der Waals surface area contributed by atoms with E-state index < -0.39 is 53.1 Å². The van der Waals surface area contributed by atoms with Gasteiger partial charge in [0.2, 0.25) is 0 Å². The molecule has 2 aromatic carbocycles. The van der Waals surface area contributed by atoms with Crippen molar-refractivity contribution in [1.29, 1.82) is 0 Å². The summed E-state index contributed by atoms with van der Waals surface area (Å²) in [6.07, 6.45) is 0. The third-order valence-corrected chi connectivity index (χ3v) is 2.83. The number of benzene rings is 2. The molecule has 0 radical (unpaired) electrons. The van der Waals surface area contributed by atoms with Gasteiger partial charge in [-0.25, -0.2) is 22.0 Å². The molecule has 0 aromatic heterocycles. The zero-order chi connectivity index (χ0) is 18.6. The highest BCUT2D eigenvalue weighted by atomic mass is 19.2. The second-order valence-electron chi connectivity index (χ2n) is 4.60. The molecule has 0 heterocycles. The third-order valence-electron chi connectivity index (χ3n) is 2.83. The second-order valence-corrected chi connectivity index (χ2v) is 4.60. The predicted octanol–water partition coefficient (Wildman–Crippen LogP) is 2.22. The lowest BCUT2D eigenvalue weighted by atomic mass is 10.2. The minimum atomic E-state index is -2.16. The number of carbonyl (C=O) groups excluding carboxylic acids is 2. The predicted molar refractivity (Wildman–Crippen MR) is 73.8 cm³/mol. The van der Waals surface area contributed by atoms with Crippen molar-refractivity contribution in [2.75, 3.05) is 6.61 Å². The number of hydrazine groups is 1. The Morgan fingerprint density at radius 2 is 1.64 bits per heavy atom. The zero-order valence-electron chi connectivity index (χ0n) is 12.2. The highest BCUT2D eigenvalue weighted by Gasteiger charge is 2.23. The maximum atomic E-state index is 13.4. The van der Waals surface area contributed by atoms with Gasteiger partial charge in [0.25, 0.3) is 11.8 Å². The number of nitrogens with one attached hydrogen (secondary N) is 2. The van der Waals surface area contributed by atoms with Crippen molar-refractivity contribution in [3.8, 4) is 5.75 Å². The SMILES string of the molecule is O=C(COc1cccc(F)c1)NNC(=O)c1cc(F)c(F)c(F)c1F. The first-order valence-electron chi connectivity index (χ1n) is 6.60. The summed E-state index contributed by atoms with van der Waals surface area (Å²) in [6.45, 7) is -0.641. The Kier molecular flexibility index (Phi) is 5.52. The Balaban J connectivity index is 1.93. The van der Waals surface area contributed by atoms with Gasteiger partial charge in [-0.3, -0.25) is 20.4 Å². The van der Waals surface area contributed by atoms with Crippen LogP contribution in [0.15, 0.2) is 30.3 Å². The molecule has 2 amide bonds. The zero-order valence-corrected chi connectivity index (χ0v) is 12.2. The van der Waals surface area contributed by atoms with Crippen LogP contribution in [0, 0.1) is 29.1 Å². The normalized spacial score (nSPS) is 10.3. The molecule has 0 spiro atoms. The van der Waals surface area contributed by atoms with Crippen molar-refractivity contribution in [2.45, 2.75) is 0 Å². The lowest BCUT2D eigenvalue weighted by Crippen LogP contribution is -2.44. The molecule has 0 saturated carbocycles. The molecule has 2 rings (SSSR count). The van der Waals surface area contributed by atoms with Crippen LogP contribution in [0.5, 0.6) is 5.75 Å². The van der Waals surface area contributed by atoms with Crippen molar-refractivity contribution >= 4 is 11.8 Å². The van der Waals surface area contributed by atoms with Crippen molar-refractivity contribution in [3.05, 3.63) is 65.0 Å². The molecule has 2 aromatic rings. The first-order valence-corrected chi connectivity index (χ1v) is 6.60. The van der Waals surface area contributed by atoms with E-state index >= 15 is 0 Å². The van der Waals surface area contributed by atoms with Gasteiger partial charge in [-0.05, 0) is 18.2 Å². The summed E-state index contributed by atoms with van der Waals surface area (Å²) in [7, 11) is 0. The van der Waals surface area contributed by atoms with Crippen LogP contribution in [0.25, 0.3) is 0 Å². The number of halogens is 5. The molecule has 2 N–H and O–H groups in total. The van der Waals surface area contributed by atoms with E-state index in [-0.39, 0.29) is 11.8 Å². The third kappa shape index (κ3) is 4.43. The highest BCUT2D eigenvalue weighted by Crippen LogP contribution is 2.18. The summed E-state index contributed by atoms with van der Waals surface area (Å²) in [5.41, 5.74) is 2.31. The van der Waals surface area contributed by atoms with Gasteiger partial charge in [-0.15, -0.1) is 0 Å². The Bertz CT molecular complexity index is 829. The maximum absolute atomic E-state index is 13.4. The fourth-order valence-electron chi connectivity index (χ4n) is 1.67. The Labute approximate surface area is 137 Å². The molecule has 0 fully saturated rings. The van der Waals surface area contributed by atoms with E-state index in [9.17, 15) is 31.5 Å². The van der Waals surface area contributed by atoms with Crippen LogP contribution in [0.2, 0.25) is 0 Å². The van der Waals surface area contributed by atoms with Crippen molar-refractivity contribution in [3.63, 3.8) is 0 Å². The molecule has 0 aliphatic rings. The number of carbonyl (C=O) groups is 2. The van der Waals surface area contributed by atoms with Gasteiger partial charge in [0.15, 0.2) is 29.9 Å². The molecule has 0 aliphatic carbocycles. The first kappa shape index (κ1) is 18.2. The number of ether oxygens (including phenoxy) is 1. The van der Waals surface area contributed by atoms with E-state index in [1.54, 1.807) is 10.9 Å². The molecule has 5 nitrogen and oxygen atoms in total. The molecule has 25 heavy (non-hydrogen) atoms. The summed E-state index contributed by atoms with van der Waals surface area (Å²) in [5.74, 6) is -10.8. The molecule has 0 unspecified atom stereocenters. The maximum Gasteiger partial charge on any atom is 0.276 e. The van der Waals surface area contributed by atoms with Crippen LogP contribution in [-0.4, -0.2) is 18.4 Å². The Morgan fingerprint density at radius 3 is 2.32 bits per heavy atom. The fourth-order valence-corrected chi connectivity index (χ4v) is 1.67. The average molecular weight is 360 g/mol. The van der Waals surface area contributed by atoms with Gasteiger partial charge >= 0.3 is 0 Å². The molecule has 0 aliphatic heterocycles. The Morgan fingerprint density at radius 1 is 0.920 bits per heavy atom. The number of hydrogen-bond donors (Lipinski definition) is 2. The largest absolute Gasteiger partial charge is 0.484 e. The smallest absolute Gasteiger partial charge is 0.276 e. The van der Waals surface area contributed by atoms with E-state index in [1.807, 2.05) is 0 Å². The molecular formula is C15H9F5N2O3. The van der Waals surface area contributed by atoms with Gasteiger partial charge in [-0.2, -0.15) is 0 Å². The monoisotopic (exact) mass is 360 g/mol. The van der Waals surface area contributed by atoms with Gasteiger partial charge in [0.1, 0.15) is 11.6 Å². The van der Waals surface area contributed by atoms with E-state index in [4.69, 9.17) is 4.74 Å². The van der Waals surface area contributed by atoms with Gasteiger partial charge < -0.3 is 4.74 Å². The van der Waals surface area contributed by atoms with Crippen LogP contribution < -0.4 is 15.6 Å². The lowest BCUT2D eigenvalue weighted by molar-refractivity contribution is -0.123. The lowest BCUT2D eigenvalue weighted by Gasteiger charge is -2.10. The van der Waals surface area contributed by atoms with E-state index in [0.29, 0.717) is 0 Å². The van der Waals surface area contributed by atoms with Gasteiger partial charge in [-0.1, -0.05) is 6.07 Å². The molecule has 0 atom stereocenters. The van der Waals surface area contributed by atoms with Crippen LogP contribution in [0.1, 0.15) is 10.4 Å². The second kappa shape index (κ2) is 7.60. The van der Waals surface area contributed by atoms with Crippen molar-refractivity contribution < 1.29 is 36.3 Å². The van der Waals surface area contributed by atoms with Gasteiger partial charge in [0, 0.05) is 6.07 Å². The van der Waals surface area contributed by atoms with Crippen molar-refractivity contribution in [2.24, 2.45) is 0 Å². The van der Waals surface area contributed by atoms with Gasteiger partial charge in [0.05, 0.1) is 5.56 Å². The summed E-state index contributed by atoms with van der Waals surface area (Å²) >= 11 is 0. The Hall–Kier alpha value is -3.17. The van der Waals surface area contributed by atoms with E-state index in [1.165, 1.54) is 12.1 Å². The fraction of sp³-hybridized carbons (Fsp3) is 0.0667. The number of rotatable bonds is 4. The van der Waals surface area contributed by atoms with Crippen LogP contribution in [0.4, 0.5) is 22.0 Å². The highest BCUT2D eigenvalue weighted by molar-refractivity contribution is 5.95. The van der Waals surface area contributed by atoms with E-state index in [2.05, 4.69) is 0 Å². The molecule has 132 valence electrons. The topological polar surface area (TPSA) is 67.4 Å². The standard InChI is InChI=1S/C15H9F5N2O3/c16-7-2-1-3-8(4-7)25-6-11(23)21-22-15(24)9-5-10(17)13(19)14(20)12(9)18/h1-5H,6H2,(H,21,23)(H,22,24). The van der Waals surface area contributed by atoms with E-state index in [0.717, 1.165) is 12.1 Å². The molecule has 10 heteroatoms. The average Bonchev–Trinajstić information content (AvgIpc) is 2.59. The minimum absolute atomic E-state index is 0.0372. The molecule has 0 bridgehead atoms. The van der Waals surface area contributed by atoms with Crippen LogP contribution in [0.3, 0.4) is 0 Å². The summed E-state index contributed by atoms with van der Waals surface area (Å²) in [5, 5.41) is 0. The number of hydrogen-bond acceptors (Lipinski definition) is 3. The van der Waals surface area contributed by atoms with Crippen LogP contribution >= 0.6 is 0 Å². The summed E-state index contributed by atoms with van der Waals surface area (Å²) in [6, 6.07) is 5.01. The number of amides is 2. The summed E-state index contributed by atoms with van der Waals surface area (Å²) < 4.78 is 70.1. The first-order chi connectivity index (χ1) is 11.8. The molecular weight excluding hydrogens is 351 g/mol.